The van der Waals surface area contributed by atoms with Gasteiger partial charge in [-0.15, -0.1) is 0 Å². The molecule has 0 spiro atoms. The second-order valence-corrected chi connectivity index (χ2v) is 5.62. The van der Waals surface area contributed by atoms with Crippen molar-refractivity contribution < 1.29 is 4.74 Å². The first kappa shape index (κ1) is 14.4. The number of ether oxygens (including phenoxy) is 1. The van der Waals surface area contributed by atoms with Gasteiger partial charge in [-0.2, -0.15) is 0 Å². The molecule has 0 radical (unpaired) electrons. The van der Waals surface area contributed by atoms with Gasteiger partial charge in [-0.25, -0.2) is 0 Å². The van der Waals surface area contributed by atoms with Gasteiger partial charge in [-0.3, -0.25) is 4.98 Å². The summed E-state index contributed by atoms with van der Waals surface area (Å²) in [7, 11) is 0. The van der Waals surface area contributed by atoms with E-state index in [-0.39, 0.29) is 4.83 Å². The van der Waals surface area contributed by atoms with Crippen LogP contribution in [0, 0.1) is 0 Å². The molecule has 100 valence electrons. The predicted molar refractivity (Wildman–Crippen MR) is 82.2 cm³/mol. The molecular weight excluding hydrogens is 326 g/mol. The van der Waals surface area contributed by atoms with Crippen LogP contribution in [0.4, 0.5) is 0 Å². The van der Waals surface area contributed by atoms with Gasteiger partial charge >= 0.3 is 0 Å². The molecule has 1 unspecified atom stereocenters. The van der Waals surface area contributed by atoms with Gasteiger partial charge in [-0.05, 0) is 31.0 Å². The summed E-state index contributed by atoms with van der Waals surface area (Å²) in [6.07, 6.45) is 4.23. The minimum atomic E-state index is 0.162. The lowest BCUT2D eigenvalue weighted by molar-refractivity contribution is 0.336. The van der Waals surface area contributed by atoms with Crippen LogP contribution in [0.5, 0.6) is 5.75 Å². The molecule has 0 amide bonds. The molecule has 19 heavy (non-hydrogen) atoms. The van der Waals surface area contributed by atoms with Crippen LogP contribution in [0.2, 0.25) is 5.02 Å². The van der Waals surface area contributed by atoms with Crippen molar-refractivity contribution in [3.8, 4) is 5.75 Å². The highest BCUT2D eigenvalue weighted by Crippen LogP contribution is 2.34. The first-order valence-electron chi connectivity index (χ1n) is 6.16. The number of rotatable bonds is 5. The summed E-state index contributed by atoms with van der Waals surface area (Å²) in [5, 5.41) is 0.695. The standard InChI is InChI=1S/C15H15BrClNO/c1-2-19-15-6-4-3-5-12(15)13(16)9-11-7-8-18-10-14(11)17/h3-8,10,13H,2,9H2,1H3. The highest BCUT2D eigenvalue weighted by atomic mass is 79.9. The maximum atomic E-state index is 6.14. The smallest absolute Gasteiger partial charge is 0.123 e. The Hall–Kier alpha value is -1.06. The van der Waals surface area contributed by atoms with Gasteiger partial charge < -0.3 is 4.74 Å². The molecule has 1 aromatic carbocycles. The third-order valence-corrected chi connectivity index (χ3v) is 3.97. The molecule has 0 saturated heterocycles. The highest BCUT2D eigenvalue weighted by Gasteiger charge is 2.14. The van der Waals surface area contributed by atoms with Crippen molar-refractivity contribution in [1.29, 1.82) is 0 Å². The van der Waals surface area contributed by atoms with Crippen molar-refractivity contribution in [1.82, 2.24) is 4.98 Å². The fourth-order valence-corrected chi connectivity index (χ4v) is 2.82. The van der Waals surface area contributed by atoms with E-state index in [0.717, 1.165) is 23.3 Å². The summed E-state index contributed by atoms with van der Waals surface area (Å²) in [5.74, 6) is 0.914. The maximum Gasteiger partial charge on any atom is 0.123 e. The van der Waals surface area contributed by atoms with Gasteiger partial charge in [-0.1, -0.05) is 45.7 Å². The first-order chi connectivity index (χ1) is 9.22. The number of para-hydroxylation sites is 1. The van der Waals surface area contributed by atoms with Crippen LogP contribution in [-0.2, 0) is 6.42 Å². The van der Waals surface area contributed by atoms with Crippen molar-refractivity contribution in [3.05, 3.63) is 58.9 Å². The average Bonchev–Trinajstić information content (AvgIpc) is 2.42. The van der Waals surface area contributed by atoms with Gasteiger partial charge in [0.05, 0.1) is 11.6 Å². The lowest BCUT2D eigenvalue weighted by Crippen LogP contribution is -2.01. The number of hydrogen-bond acceptors (Lipinski definition) is 2. The van der Waals surface area contributed by atoms with Crippen molar-refractivity contribution in [2.24, 2.45) is 0 Å². The maximum absolute atomic E-state index is 6.14. The predicted octanol–water partition coefficient (Wildman–Crippen LogP) is 4.81. The van der Waals surface area contributed by atoms with Crippen LogP contribution in [-0.4, -0.2) is 11.6 Å². The molecule has 0 aliphatic heterocycles. The average molecular weight is 341 g/mol. The summed E-state index contributed by atoms with van der Waals surface area (Å²) in [6, 6.07) is 9.99. The van der Waals surface area contributed by atoms with Crippen LogP contribution in [0.1, 0.15) is 22.9 Å². The van der Waals surface area contributed by atoms with Gasteiger partial charge in [0.1, 0.15) is 5.75 Å². The van der Waals surface area contributed by atoms with Crippen molar-refractivity contribution in [2.45, 2.75) is 18.2 Å². The Morgan fingerprint density at radius 1 is 1.32 bits per heavy atom. The van der Waals surface area contributed by atoms with Gasteiger partial charge in [0.25, 0.3) is 0 Å². The van der Waals surface area contributed by atoms with E-state index in [2.05, 4.69) is 27.0 Å². The number of benzene rings is 1. The zero-order chi connectivity index (χ0) is 13.7. The van der Waals surface area contributed by atoms with Gasteiger partial charge in [0.15, 0.2) is 0 Å². The Kier molecular flexibility index (Phi) is 5.23. The first-order valence-corrected chi connectivity index (χ1v) is 7.46. The van der Waals surface area contributed by atoms with E-state index in [1.807, 2.05) is 31.2 Å². The Labute approximate surface area is 126 Å². The molecule has 2 nitrogen and oxygen atoms in total. The number of halogens is 2. The van der Waals surface area contributed by atoms with Crippen LogP contribution in [0.15, 0.2) is 42.7 Å². The zero-order valence-electron chi connectivity index (χ0n) is 10.6. The molecule has 0 N–H and O–H groups in total. The van der Waals surface area contributed by atoms with E-state index in [9.17, 15) is 0 Å². The van der Waals surface area contributed by atoms with E-state index in [4.69, 9.17) is 16.3 Å². The van der Waals surface area contributed by atoms with Crippen molar-refractivity contribution in [2.75, 3.05) is 6.61 Å². The van der Waals surface area contributed by atoms with Crippen LogP contribution in [0.25, 0.3) is 0 Å². The monoisotopic (exact) mass is 339 g/mol. The third-order valence-electron chi connectivity index (χ3n) is 2.81. The fourth-order valence-electron chi connectivity index (χ4n) is 1.90. The molecule has 0 saturated carbocycles. The topological polar surface area (TPSA) is 22.1 Å². The van der Waals surface area contributed by atoms with Gasteiger partial charge in [0.2, 0.25) is 0 Å². The minimum absolute atomic E-state index is 0.162. The largest absolute Gasteiger partial charge is 0.494 e. The molecule has 1 atom stereocenters. The Bertz CT molecular complexity index is 547. The summed E-state index contributed by atoms with van der Waals surface area (Å²) in [4.78, 5) is 4.16. The molecular formula is C15H15BrClNO. The quantitative estimate of drug-likeness (QED) is 0.729. The number of aromatic nitrogens is 1. The Balaban J connectivity index is 2.20. The van der Waals surface area contributed by atoms with Crippen molar-refractivity contribution >= 4 is 27.5 Å². The van der Waals surface area contributed by atoms with E-state index < -0.39 is 0 Å². The number of nitrogens with zero attached hydrogens (tertiary/aromatic N) is 1. The highest BCUT2D eigenvalue weighted by molar-refractivity contribution is 9.09. The molecule has 1 aromatic heterocycles. The second kappa shape index (κ2) is 6.92. The Morgan fingerprint density at radius 2 is 2.11 bits per heavy atom. The summed E-state index contributed by atoms with van der Waals surface area (Å²) >= 11 is 9.86. The number of pyridine rings is 1. The van der Waals surface area contributed by atoms with E-state index in [0.29, 0.717) is 11.6 Å². The Morgan fingerprint density at radius 3 is 2.84 bits per heavy atom. The molecule has 1 heterocycles. The lowest BCUT2D eigenvalue weighted by Gasteiger charge is -2.15. The molecule has 4 heteroatoms. The summed E-state index contributed by atoms with van der Waals surface area (Å²) in [5.41, 5.74) is 2.21. The molecule has 2 rings (SSSR count). The van der Waals surface area contributed by atoms with Crippen LogP contribution in [0.3, 0.4) is 0 Å². The van der Waals surface area contributed by atoms with Crippen LogP contribution >= 0.6 is 27.5 Å². The van der Waals surface area contributed by atoms with Gasteiger partial charge in [0, 0.05) is 22.8 Å². The van der Waals surface area contributed by atoms with E-state index in [1.54, 1.807) is 12.4 Å². The van der Waals surface area contributed by atoms with Crippen molar-refractivity contribution in [3.63, 3.8) is 0 Å². The van der Waals surface area contributed by atoms with E-state index in [1.165, 1.54) is 0 Å². The molecule has 0 fully saturated rings. The SMILES string of the molecule is CCOc1ccccc1C(Br)Cc1ccncc1Cl. The lowest BCUT2D eigenvalue weighted by atomic mass is 10.0. The minimum Gasteiger partial charge on any atom is -0.494 e. The molecule has 2 aromatic rings. The normalized spacial score (nSPS) is 12.2. The summed E-state index contributed by atoms with van der Waals surface area (Å²) < 4.78 is 5.65. The summed E-state index contributed by atoms with van der Waals surface area (Å²) in [6.45, 7) is 2.65. The fraction of sp³-hybridized carbons (Fsp3) is 0.267. The number of alkyl halides is 1. The molecule has 0 aliphatic rings. The third kappa shape index (κ3) is 3.71. The van der Waals surface area contributed by atoms with Crippen LogP contribution < -0.4 is 4.74 Å². The zero-order valence-corrected chi connectivity index (χ0v) is 13.0. The number of hydrogen-bond donors (Lipinski definition) is 0. The molecule has 0 bridgehead atoms. The second-order valence-electron chi connectivity index (χ2n) is 4.11. The van der Waals surface area contributed by atoms with E-state index >= 15 is 0 Å². The molecule has 0 aliphatic carbocycles.